The van der Waals surface area contributed by atoms with Crippen molar-refractivity contribution in [3.05, 3.63) is 42.4 Å². The molecule has 1 aliphatic rings. The zero-order valence-corrected chi connectivity index (χ0v) is 12.0. The van der Waals surface area contributed by atoms with E-state index >= 15 is 0 Å². The molecule has 2 atom stereocenters. The number of piperazine rings is 1. The van der Waals surface area contributed by atoms with Gasteiger partial charge in [-0.3, -0.25) is 4.90 Å². The Morgan fingerprint density at radius 1 is 1.20 bits per heavy atom. The lowest BCUT2D eigenvalue weighted by atomic mass is 10.1. The molecule has 3 rings (SSSR count). The van der Waals surface area contributed by atoms with Gasteiger partial charge in [0, 0.05) is 30.7 Å². The minimum absolute atomic E-state index is 0.505. The number of benzene rings is 1. The Hall–Kier alpha value is -1.65. The van der Waals surface area contributed by atoms with Gasteiger partial charge >= 0.3 is 0 Å². The molecule has 20 heavy (non-hydrogen) atoms. The molecule has 106 valence electrons. The molecule has 4 nitrogen and oxygen atoms in total. The molecule has 0 saturated carbocycles. The van der Waals surface area contributed by atoms with Crippen LogP contribution in [-0.4, -0.2) is 35.1 Å². The molecular weight excluding hydrogens is 250 g/mol. The molecule has 1 saturated heterocycles. The number of hydrogen-bond donors (Lipinski definition) is 1. The van der Waals surface area contributed by atoms with Gasteiger partial charge in [-0.05, 0) is 13.8 Å². The van der Waals surface area contributed by atoms with E-state index in [1.165, 1.54) is 0 Å². The SMILES string of the molecule is CC1CNCC(C)N1Cc1ncc(-c2ccccc2)o1. The first-order chi connectivity index (χ1) is 9.74. The maximum absolute atomic E-state index is 5.90. The zero-order valence-electron chi connectivity index (χ0n) is 12.0. The van der Waals surface area contributed by atoms with Gasteiger partial charge in [-0.1, -0.05) is 30.3 Å². The minimum atomic E-state index is 0.505. The predicted molar refractivity (Wildman–Crippen MR) is 79.3 cm³/mol. The van der Waals surface area contributed by atoms with Crippen LogP contribution in [0.5, 0.6) is 0 Å². The monoisotopic (exact) mass is 271 g/mol. The van der Waals surface area contributed by atoms with Crippen molar-refractivity contribution in [2.24, 2.45) is 0 Å². The number of nitrogens with zero attached hydrogens (tertiary/aromatic N) is 2. The molecule has 0 amide bonds. The first kappa shape index (κ1) is 13.3. The molecule has 1 fully saturated rings. The molecule has 2 unspecified atom stereocenters. The summed E-state index contributed by atoms with van der Waals surface area (Å²) in [6.07, 6.45) is 1.82. The van der Waals surface area contributed by atoms with Gasteiger partial charge in [0.2, 0.25) is 5.89 Å². The van der Waals surface area contributed by atoms with Gasteiger partial charge in [0.15, 0.2) is 5.76 Å². The average Bonchev–Trinajstić information content (AvgIpc) is 2.93. The zero-order chi connectivity index (χ0) is 13.9. The van der Waals surface area contributed by atoms with Gasteiger partial charge in [-0.15, -0.1) is 0 Å². The van der Waals surface area contributed by atoms with Crippen LogP contribution < -0.4 is 5.32 Å². The van der Waals surface area contributed by atoms with Crippen LogP contribution in [-0.2, 0) is 6.54 Å². The fraction of sp³-hybridized carbons (Fsp3) is 0.438. The first-order valence-electron chi connectivity index (χ1n) is 7.20. The van der Waals surface area contributed by atoms with Crippen molar-refractivity contribution in [3.8, 4) is 11.3 Å². The van der Waals surface area contributed by atoms with Crippen molar-refractivity contribution >= 4 is 0 Å². The van der Waals surface area contributed by atoms with Crippen molar-refractivity contribution < 1.29 is 4.42 Å². The van der Waals surface area contributed by atoms with Crippen molar-refractivity contribution in [1.82, 2.24) is 15.2 Å². The molecule has 2 heterocycles. The van der Waals surface area contributed by atoms with Gasteiger partial charge in [0.1, 0.15) is 0 Å². The predicted octanol–water partition coefficient (Wildman–Crippen LogP) is 2.52. The van der Waals surface area contributed by atoms with Crippen LogP contribution in [0.15, 0.2) is 40.9 Å². The minimum Gasteiger partial charge on any atom is -0.439 e. The van der Waals surface area contributed by atoms with Crippen molar-refractivity contribution in [3.63, 3.8) is 0 Å². The van der Waals surface area contributed by atoms with Gasteiger partial charge in [-0.2, -0.15) is 0 Å². The Labute approximate surface area is 119 Å². The summed E-state index contributed by atoms with van der Waals surface area (Å²) in [5, 5.41) is 3.44. The van der Waals surface area contributed by atoms with Crippen LogP contribution in [0.2, 0.25) is 0 Å². The molecule has 0 aliphatic carbocycles. The average molecular weight is 271 g/mol. The number of nitrogens with one attached hydrogen (secondary N) is 1. The van der Waals surface area contributed by atoms with E-state index < -0.39 is 0 Å². The fourth-order valence-corrected chi connectivity index (χ4v) is 2.76. The highest BCUT2D eigenvalue weighted by Gasteiger charge is 2.25. The molecule has 0 spiro atoms. The highest BCUT2D eigenvalue weighted by molar-refractivity contribution is 5.55. The van der Waals surface area contributed by atoms with Crippen LogP contribution >= 0.6 is 0 Å². The van der Waals surface area contributed by atoms with E-state index in [9.17, 15) is 0 Å². The molecule has 2 aromatic rings. The molecule has 1 aromatic carbocycles. The molecule has 1 N–H and O–H groups in total. The number of rotatable bonds is 3. The normalized spacial score (nSPS) is 23.9. The van der Waals surface area contributed by atoms with Gasteiger partial charge in [0.05, 0.1) is 12.7 Å². The van der Waals surface area contributed by atoms with Crippen molar-refractivity contribution in [2.45, 2.75) is 32.5 Å². The number of oxazole rings is 1. The fourth-order valence-electron chi connectivity index (χ4n) is 2.76. The molecular formula is C16H21N3O. The first-order valence-corrected chi connectivity index (χ1v) is 7.20. The maximum Gasteiger partial charge on any atom is 0.209 e. The second-order valence-electron chi connectivity index (χ2n) is 5.51. The third-order valence-electron chi connectivity index (χ3n) is 3.94. The Balaban J connectivity index is 1.74. The lowest BCUT2D eigenvalue weighted by Crippen LogP contribution is -2.54. The Morgan fingerprint density at radius 2 is 1.90 bits per heavy atom. The van der Waals surface area contributed by atoms with Crippen LogP contribution in [0, 0.1) is 0 Å². The highest BCUT2D eigenvalue weighted by atomic mass is 16.4. The van der Waals surface area contributed by atoms with Crippen molar-refractivity contribution in [2.75, 3.05) is 13.1 Å². The summed E-state index contributed by atoms with van der Waals surface area (Å²) in [5.41, 5.74) is 1.08. The summed E-state index contributed by atoms with van der Waals surface area (Å²) in [4.78, 5) is 6.87. The van der Waals surface area contributed by atoms with Crippen LogP contribution in [0.1, 0.15) is 19.7 Å². The standard InChI is InChI=1S/C16H21N3O/c1-12-8-17-9-13(2)19(12)11-16-18-10-15(20-16)14-6-4-3-5-7-14/h3-7,10,12-13,17H,8-9,11H2,1-2H3. The largest absolute Gasteiger partial charge is 0.439 e. The third kappa shape index (κ3) is 2.76. The van der Waals surface area contributed by atoms with E-state index in [0.29, 0.717) is 12.1 Å². The molecule has 1 aliphatic heterocycles. The number of hydrogen-bond acceptors (Lipinski definition) is 4. The van der Waals surface area contributed by atoms with E-state index in [1.54, 1.807) is 0 Å². The van der Waals surface area contributed by atoms with E-state index in [1.807, 2.05) is 36.5 Å². The Kier molecular flexibility index (Phi) is 3.85. The molecule has 0 bridgehead atoms. The lowest BCUT2D eigenvalue weighted by Gasteiger charge is -2.38. The Morgan fingerprint density at radius 3 is 2.60 bits per heavy atom. The maximum atomic E-state index is 5.90. The molecule has 1 aromatic heterocycles. The van der Waals surface area contributed by atoms with E-state index in [2.05, 4.69) is 29.0 Å². The summed E-state index contributed by atoms with van der Waals surface area (Å²) >= 11 is 0. The number of aromatic nitrogens is 1. The quantitative estimate of drug-likeness (QED) is 0.931. The van der Waals surface area contributed by atoms with Crippen LogP contribution in [0.25, 0.3) is 11.3 Å². The van der Waals surface area contributed by atoms with E-state index in [-0.39, 0.29) is 0 Å². The highest BCUT2D eigenvalue weighted by Crippen LogP contribution is 2.21. The van der Waals surface area contributed by atoms with Gasteiger partial charge in [-0.25, -0.2) is 4.98 Å². The summed E-state index contributed by atoms with van der Waals surface area (Å²) in [7, 11) is 0. The molecule has 4 heteroatoms. The Bertz CT molecular complexity index is 542. The second kappa shape index (κ2) is 5.77. The van der Waals surface area contributed by atoms with Gasteiger partial charge in [0.25, 0.3) is 0 Å². The summed E-state index contributed by atoms with van der Waals surface area (Å²) in [5.74, 6) is 1.64. The van der Waals surface area contributed by atoms with Crippen molar-refractivity contribution in [1.29, 1.82) is 0 Å². The summed E-state index contributed by atoms with van der Waals surface area (Å²) < 4.78 is 5.90. The lowest BCUT2D eigenvalue weighted by molar-refractivity contribution is 0.0980. The third-order valence-corrected chi connectivity index (χ3v) is 3.94. The van der Waals surface area contributed by atoms with Crippen LogP contribution in [0.4, 0.5) is 0 Å². The smallest absolute Gasteiger partial charge is 0.209 e. The van der Waals surface area contributed by atoms with E-state index in [0.717, 1.165) is 36.8 Å². The molecule has 0 radical (unpaired) electrons. The summed E-state index contributed by atoms with van der Waals surface area (Å²) in [6.45, 7) is 7.30. The van der Waals surface area contributed by atoms with Crippen LogP contribution in [0.3, 0.4) is 0 Å². The van der Waals surface area contributed by atoms with E-state index in [4.69, 9.17) is 4.42 Å². The summed E-state index contributed by atoms with van der Waals surface area (Å²) in [6, 6.07) is 11.1. The second-order valence-corrected chi connectivity index (χ2v) is 5.51. The topological polar surface area (TPSA) is 41.3 Å². The van der Waals surface area contributed by atoms with Gasteiger partial charge < -0.3 is 9.73 Å².